The first-order valence-corrected chi connectivity index (χ1v) is 16.5. The fraction of sp³-hybridized carbons (Fsp3) is 0.564. The van der Waals surface area contributed by atoms with Crippen molar-refractivity contribution in [2.75, 3.05) is 13.6 Å². The van der Waals surface area contributed by atoms with Crippen LogP contribution in [0.2, 0.25) is 0 Å². The fourth-order valence-corrected chi connectivity index (χ4v) is 7.85. The van der Waals surface area contributed by atoms with Crippen LogP contribution < -0.4 is 0 Å². The van der Waals surface area contributed by atoms with Crippen LogP contribution in [0.5, 0.6) is 0 Å². The standard InChI is InChI=1S/C23H37FN2O.C16H16/c1-7-8-17(2)25-27-19(4)23-11-9-22(15-23,10-12-23)16-26(6)18(3)20-13-21(5,24)14-20;1-16(11-12-16)15-9-7-14(8-10-15)13-5-3-2-4-6-13/h20H,3-4,7-16H2,1-2,5-6H3;2-10H,11-12H2,1H3/b25-17+;. The molecule has 2 aromatic carbocycles. The lowest BCUT2D eigenvalue weighted by Crippen LogP contribution is -2.42. The molecule has 0 spiro atoms. The number of alkyl halides is 1. The van der Waals surface area contributed by atoms with Gasteiger partial charge >= 0.3 is 0 Å². The Morgan fingerprint density at radius 2 is 1.53 bits per heavy atom. The molecule has 4 heteroatoms. The third kappa shape index (κ3) is 7.10. The van der Waals surface area contributed by atoms with Crippen molar-refractivity contribution in [1.82, 2.24) is 4.90 Å². The van der Waals surface area contributed by atoms with Crippen LogP contribution in [-0.2, 0) is 10.3 Å². The van der Waals surface area contributed by atoms with Crippen LogP contribution >= 0.6 is 0 Å². The number of hydrogen-bond acceptors (Lipinski definition) is 3. The maximum absolute atomic E-state index is 13.9. The van der Waals surface area contributed by atoms with Crippen molar-refractivity contribution >= 4 is 5.71 Å². The van der Waals surface area contributed by atoms with Crippen LogP contribution in [0.25, 0.3) is 11.1 Å². The first-order valence-electron chi connectivity index (χ1n) is 16.5. The van der Waals surface area contributed by atoms with Crippen molar-refractivity contribution in [2.45, 2.75) is 109 Å². The van der Waals surface area contributed by atoms with Gasteiger partial charge in [-0.3, -0.25) is 0 Å². The molecule has 2 bridgehead atoms. The predicted octanol–water partition coefficient (Wildman–Crippen LogP) is 10.6. The Bertz CT molecular complexity index is 1300. The van der Waals surface area contributed by atoms with Gasteiger partial charge in [-0.05, 0) is 106 Å². The van der Waals surface area contributed by atoms with Gasteiger partial charge in [0.1, 0.15) is 11.4 Å². The summed E-state index contributed by atoms with van der Waals surface area (Å²) in [6.07, 6.45) is 11.8. The van der Waals surface area contributed by atoms with Crippen molar-refractivity contribution in [1.29, 1.82) is 0 Å². The van der Waals surface area contributed by atoms with Crippen LogP contribution in [0.15, 0.2) is 84.4 Å². The van der Waals surface area contributed by atoms with Gasteiger partial charge in [0.05, 0.1) is 5.71 Å². The van der Waals surface area contributed by atoms with Gasteiger partial charge in [0, 0.05) is 30.6 Å². The molecule has 4 fully saturated rings. The Kier molecular flexibility index (Phi) is 8.99. The SMILES string of the molecule is C=C(C1CC(C)(F)C1)N(C)CC12CCC(C(=C)O/N=C(\C)CCC)(CC1)C2.CC1(c2ccc(-c3ccccc3)cc2)CC1. The van der Waals surface area contributed by atoms with E-state index in [0.29, 0.717) is 29.6 Å². The highest BCUT2D eigenvalue weighted by molar-refractivity contribution is 5.81. The van der Waals surface area contributed by atoms with Gasteiger partial charge in [-0.2, -0.15) is 0 Å². The molecule has 3 nitrogen and oxygen atoms in total. The van der Waals surface area contributed by atoms with E-state index < -0.39 is 5.67 Å². The van der Waals surface area contributed by atoms with Crippen LogP contribution in [0, 0.1) is 16.7 Å². The van der Waals surface area contributed by atoms with Crippen LogP contribution in [0.1, 0.15) is 104 Å². The summed E-state index contributed by atoms with van der Waals surface area (Å²) >= 11 is 0. The fourth-order valence-electron chi connectivity index (χ4n) is 7.85. The summed E-state index contributed by atoms with van der Waals surface area (Å²) in [6.45, 7) is 17.8. The van der Waals surface area contributed by atoms with E-state index in [0.717, 1.165) is 55.8 Å². The molecule has 0 N–H and O–H groups in total. The van der Waals surface area contributed by atoms with E-state index in [1.54, 1.807) is 6.92 Å². The molecule has 0 unspecified atom stereocenters. The smallest absolute Gasteiger partial charge is 0.134 e. The van der Waals surface area contributed by atoms with E-state index in [1.807, 2.05) is 6.92 Å². The molecule has 0 amide bonds. The lowest BCUT2D eigenvalue weighted by molar-refractivity contribution is 0.0279. The Labute approximate surface area is 260 Å². The molecule has 0 aromatic heterocycles. The van der Waals surface area contributed by atoms with Crippen molar-refractivity contribution in [3.63, 3.8) is 0 Å². The summed E-state index contributed by atoms with van der Waals surface area (Å²) in [6, 6.07) is 19.6. The summed E-state index contributed by atoms with van der Waals surface area (Å²) < 4.78 is 13.9. The van der Waals surface area contributed by atoms with Crippen molar-refractivity contribution in [3.8, 4) is 11.1 Å². The number of benzene rings is 2. The maximum Gasteiger partial charge on any atom is 0.134 e. The van der Waals surface area contributed by atoms with E-state index in [1.165, 1.54) is 42.4 Å². The zero-order valence-electron chi connectivity index (χ0n) is 27.4. The van der Waals surface area contributed by atoms with E-state index in [2.05, 4.69) is 98.7 Å². The molecule has 0 saturated heterocycles. The summed E-state index contributed by atoms with van der Waals surface area (Å²) in [5.41, 5.74) is 6.15. The van der Waals surface area contributed by atoms with Gasteiger partial charge < -0.3 is 9.74 Å². The van der Waals surface area contributed by atoms with Gasteiger partial charge in [0.15, 0.2) is 0 Å². The quantitative estimate of drug-likeness (QED) is 0.149. The largest absolute Gasteiger partial charge is 0.378 e. The average molecular weight is 585 g/mol. The number of halogens is 1. The summed E-state index contributed by atoms with van der Waals surface area (Å²) in [5, 5.41) is 4.29. The van der Waals surface area contributed by atoms with Crippen molar-refractivity contribution < 1.29 is 9.23 Å². The highest BCUT2D eigenvalue weighted by Crippen LogP contribution is 2.64. The van der Waals surface area contributed by atoms with E-state index in [9.17, 15) is 4.39 Å². The molecule has 0 heterocycles. The highest BCUT2D eigenvalue weighted by atomic mass is 19.1. The van der Waals surface area contributed by atoms with Gasteiger partial charge in [0.2, 0.25) is 0 Å². The monoisotopic (exact) mass is 584 g/mol. The van der Waals surface area contributed by atoms with Crippen LogP contribution in [0.3, 0.4) is 0 Å². The first-order chi connectivity index (χ1) is 20.4. The molecular formula is C39H53FN2O. The Hall–Kier alpha value is -2.88. The molecule has 4 aliphatic carbocycles. The van der Waals surface area contributed by atoms with Crippen molar-refractivity contribution in [2.24, 2.45) is 21.9 Å². The normalized spacial score (nSPS) is 30.1. The first kappa shape index (κ1) is 31.5. The minimum Gasteiger partial charge on any atom is -0.378 e. The molecule has 0 radical (unpaired) electrons. The topological polar surface area (TPSA) is 24.8 Å². The zero-order valence-corrected chi connectivity index (χ0v) is 27.4. The third-order valence-corrected chi connectivity index (χ3v) is 11.1. The van der Waals surface area contributed by atoms with Crippen LogP contribution in [0.4, 0.5) is 4.39 Å². The van der Waals surface area contributed by atoms with E-state index in [4.69, 9.17) is 4.84 Å². The van der Waals surface area contributed by atoms with Gasteiger partial charge in [-0.1, -0.05) is 93.2 Å². The molecule has 0 atom stereocenters. The van der Waals surface area contributed by atoms with E-state index >= 15 is 0 Å². The third-order valence-electron chi connectivity index (χ3n) is 11.1. The average Bonchev–Trinajstić information content (AvgIpc) is 3.49. The second-order valence-electron chi connectivity index (χ2n) is 14.9. The van der Waals surface area contributed by atoms with Crippen LogP contribution in [-0.4, -0.2) is 29.9 Å². The van der Waals surface area contributed by atoms with Gasteiger partial charge in [-0.15, -0.1) is 0 Å². The maximum atomic E-state index is 13.9. The molecule has 4 aliphatic rings. The molecule has 0 aliphatic heterocycles. The number of rotatable bonds is 11. The zero-order chi connectivity index (χ0) is 30.9. The van der Waals surface area contributed by atoms with Gasteiger partial charge in [-0.25, -0.2) is 4.39 Å². The Balaban J connectivity index is 0.000000194. The van der Waals surface area contributed by atoms with E-state index in [-0.39, 0.29) is 5.41 Å². The molecule has 2 aromatic rings. The summed E-state index contributed by atoms with van der Waals surface area (Å²) in [5.74, 6) is 1.16. The number of oxime groups is 1. The number of hydrogen-bond donors (Lipinski definition) is 0. The number of allylic oxidation sites excluding steroid dienone is 2. The second-order valence-corrected chi connectivity index (χ2v) is 14.9. The lowest BCUT2D eigenvalue weighted by atomic mass is 9.71. The van der Waals surface area contributed by atoms with Gasteiger partial charge in [0.25, 0.3) is 0 Å². The Morgan fingerprint density at radius 1 is 0.930 bits per heavy atom. The second kappa shape index (κ2) is 12.3. The molecular weight excluding hydrogens is 531 g/mol. The number of nitrogens with zero attached hydrogens (tertiary/aromatic N) is 2. The predicted molar refractivity (Wildman–Crippen MR) is 179 cm³/mol. The minimum atomic E-state index is -0.992. The summed E-state index contributed by atoms with van der Waals surface area (Å²) in [7, 11) is 2.13. The van der Waals surface area contributed by atoms with Crippen molar-refractivity contribution in [3.05, 3.63) is 84.8 Å². The molecule has 232 valence electrons. The number of fused-ring (bicyclic) bond motifs is 2. The molecule has 6 rings (SSSR count). The molecule has 4 saturated carbocycles. The summed E-state index contributed by atoms with van der Waals surface area (Å²) in [4.78, 5) is 8.07. The molecule has 43 heavy (non-hydrogen) atoms. The minimum absolute atomic E-state index is 0.0894. The Morgan fingerprint density at radius 3 is 2.09 bits per heavy atom. The lowest BCUT2D eigenvalue weighted by Gasteiger charge is -2.44. The highest BCUT2D eigenvalue weighted by Gasteiger charge is 2.57.